The average molecular weight is 258 g/mol. The van der Waals surface area contributed by atoms with Crippen LogP contribution in [0.4, 0.5) is 20.5 Å². The van der Waals surface area contributed by atoms with Crippen molar-refractivity contribution in [1.82, 2.24) is 20.2 Å². The predicted octanol–water partition coefficient (Wildman–Crippen LogP) is -0.00110. The molecule has 0 fully saturated rings. The van der Waals surface area contributed by atoms with Gasteiger partial charge in [-0.25, -0.2) is 8.78 Å². The molecule has 2 rings (SSSR count). The number of anilines is 2. The van der Waals surface area contributed by atoms with E-state index in [1.54, 1.807) is 0 Å². The first kappa shape index (κ1) is 12.4. The van der Waals surface area contributed by atoms with E-state index in [0.717, 1.165) is 0 Å². The summed E-state index contributed by atoms with van der Waals surface area (Å²) in [7, 11) is 0. The Morgan fingerprint density at radius 1 is 1.44 bits per heavy atom. The number of aliphatic hydroxyl groups is 1. The predicted molar refractivity (Wildman–Crippen MR) is 61.4 cm³/mol. The van der Waals surface area contributed by atoms with Crippen LogP contribution < -0.4 is 10.6 Å². The third-order valence-corrected chi connectivity index (χ3v) is 2.33. The fraction of sp³-hybridized carbons (Fsp3) is 0.444. The quantitative estimate of drug-likeness (QED) is 0.697. The molecule has 98 valence electrons. The van der Waals surface area contributed by atoms with E-state index < -0.39 is 13.0 Å². The number of nitrogens with zero attached hydrogens (tertiary/aromatic N) is 4. The zero-order valence-electron chi connectivity index (χ0n) is 9.35. The first-order chi connectivity index (χ1) is 8.61. The van der Waals surface area contributed by atoms with Gasteiger partial charge in [0, 0.05) is 6.54 Å². The van der Waals surface area contributed by atoms with Crippen LogP contribution in [0.3, 0.4) is 0 Å². The van der Waals surface area contributed by atoms with Crippen LogP contribution in [0.25, 0.3) is 11.0 Å². The van der Waals surface area contributed by atoms with E-state index in [4.69, 9.17) is 10.8 Å². The summed E-state index contributed by atoms with van der Waals surface area (Å²) in [5.74, 6) is 0.194. The Kier molecular flexibility index (Phi) is 3.51. The van der Waals surface area contributed by atoms with E-state index in [1.807, 2.05) is 0 Å². The maximum Gasteiger partial charge on any atom is 0.255 e. The lowest BCUT2D eigenvalue weighted by Crippen LogP contribution is -2.32. The Labute approximate surface area is 101 Å². The molecule has 7 nitrogen and oxygen atoms in total. The fourth-order valence-corrected chi connectivity index (χ4v) is 1.65. The second-order valence-electron chi connectivity index (χ2n) is 3.60. The van der Waals surface area contributed by atoms with Gasteiger partial charge in [-0.15, -0.1) is 0 Å². The minimum absolute atomic E-state index is 0.0288. The number of nitrogens with one attached hydrogen (secondary N) is 1. The Bertz CT molecular complexity index is 531. The van der Waals surface area contributed by atoms with E-state index >= 15 is 0 Å². The molecular weight excluding hydrogens is 246 g/mol. The first-order valence-corrected chi connectivity index (χ1v) is 5.22. The molecule has 0 aliphatic heterocycles. The van der Waals surface area contributed by atoms with Crippen molar-refractivity contribution in [2.24, 2.45) is 0 Å². The minimum Gasteiger partial charge on any atom is -0.395 e. The molecular formula is C9H12F2N6O. The maximum absolute atomic E-state index is 12.5. The molecule has 2 aromatic heterocycles. The van der Waals surface area contributed by atoms with Crippen LogP contribution in [-0.2, 0) is 0 Å². The number of hydrogen-bond acceptors (Lipinski definition) is 6. The van der Waals surface area contributed by atoms with Crippen LogP contribution in [0.5, 0.6) is 0 Å². The van der Waals surface area contributed by atoms with Crippen molar-refractivity contribution in [2.45, 2.75) is 6.43 Å². The number of rotatable bonds is 5. The monoisotopic (exact) mass is 258 g/mol. The summed E-state index contributed by atoms with van der Waals surface area (Å²) in [4.78, 5) is 9.07. The van der Waals surface area contributed by atoms with E-state index in [2.05, 4.69) is 20.2 Å². The standard InChI is InChI=1S/C9H12F2N6O/c10-6(11)4-17(1-2-18)8-5-3-13-16-7(5)14-9(12)15-8/h3,6,18H,1-2,4H2,(H3,12,13,14,15,16). The Balaban J connectivity index is 2.44. The number of aliphatic hydroxyl groups excluding tert-OH is 1. The molecule has 0 aliphatic carbocycles. The summed E-state index contributed by atoms with van der Waals surface area (Å²) in [5, 5.41) is 15.8. The third-order valence-electron chi connectivity index (χ3n) is 2.33. The van der Waals surface area contributed by atoms with Crippen LogP contribution in [0.1, 0.15) is 0 Å². The highest BCUT2D eigenvalue weighted by Crippen LogP contribution is 2.23. The largest absolute Gasteiger partial charge is 0.395 e. The van der Waals surface area contributed by atoms with Crippen LogP contribution in [0.15, 0.2) is 6.20 Å². The van der Waals surface area contributed by atoms with Crippen molar-refractivity contribution in [3.8, 4) is 0 Å². The van der Waals surface area contributed by atoms with Gasteiger partial charge in [0.05, 0.1) is 24.7 Å². The second kappa shape index (κ2) is 5.08. The van der Waals surface area contributed by atoms with Gasteiger partial charge in [0.1, 0.15) is 5.82 Å². The zero-order chi connectivity index (χ0) is 13.1. The van der Waals surface area contributed by atoms with Crippen LogP contribution >= 0.6 is 0 Å². The number of aromatic amines is 1. The van der Waals surface area contributed by atoms with E-state index in [1.165, 1.54) is 11.1 Å². The molecule has 0 bridgehead atoms. The highest BCUT2D eigenvalue weighted by molar-refractivity contribution is 5.87. The normalized spacial score (nSPS) is 11.3. The van der Waals surface area contributed by atoms with Gasteiger partial charge in [0.25, 0.3) is 6.43 Å². The van der Waals surface area contributed by atoms with Gasteiger partial charge >= 0.3 is 0 Å². The molecule has 2 aromatic rings. The van der Waals surface area contributed by atoms with Gasteiger partial charge in [0.15, 0.2) is 5.65 Å². The van der Waals surface area contributed by atoms with Gasteiger partial charge in [0.2, 0.25) is 5.95 Å². The van der Waals surface area contributed by atoms with Crippen molar-refractivity contribution in [3.63, 3.8) is 0 Å². The van der Waals surface area contributed by atoms with Gasteiger partial charge in [-0.3, -0.25) is 5.10 Å². The lowest BCUT2D eigenvalue weighted by atomic mass is 10.3. The molecule has 18 heavy (non-hydrogen) atoms. The first-order valence-electron chi connectivity index (χ1n) is 5.22. The number of nitrogens with two attached hydrogens (primary N) is 1. The summed E-state index contributed by atoms with van der Waals surface area (Å²) < 4.78 is 25.0. The second-order valence-corrected chi connectivity index (χ2v) is 3.60. The Morgan fingerprint density at radius 3 is 2.89 bits per heavy atom. The summed E-state index contributed by atoms with van der Waals surface area (Å²) in [6.45, 7) is -0.783. The molecule has 0 unspecified atom stereocenters. The summed E-state index contributed by atoms with van der Waals surface area (Å²) in [5.41, 5.74) is 5.87. The molecule has 4 N–H and O–H groups in total. The van der Waals surface area contributed by atoms with Gasteiger partial charge in [-0.05, 0) is 0 Å². The number of alkyl halides is 2. The van der Waals surface area contributed by atoms with Gasteiger partial charge < -0.3 is 15.7 Å². The molecule has 2 heterocycles. The topological polar surface area (TPSA) is 104 Å². The highest BCUT2D eigenvalue weighted by atomic mass is 19.3. The number of nitrogen functional groups attached to an aromatic ring is 1. The molecule has 9 heteroatoms. The molecule has 0 amide bonds. The molecule has 0 atom stereocenters. The molecule has 0 aromatic carbocycles. The van der Waals surface area contributed by atoms with Crippen molar-refractivity contribution in [3.05, 3.63) is 6.20 Å². The summed E-state index contributed by atoms with van der Waals surface area (Å²) in [6, 6.07) is 0. The molecule has 0 aliphatic rings. The maximum atomic E-state index is 12.5. The zero-order valence-corrected chi connectivity index (χ0v) is 9.35. The van der Waals surface area contributed by atoms with Crippen LogP contribution in [0.2, 0.25) is 0 Å². The lowest BCUT2D eigenvalue weighted by Gasteiger charge is -2.22. The molecule has 0 saturated carbocycles. The van der Waals surface area contributed by atoms with Crippen molar-refractivity contribution >= 4 is 22.8 Å². The van der Waals surface area contributed by atoms with Gasteiger partial charge in [-0.2, -0.15) is 15.1 Å². The number of aromatic nitrogens is 4. The van der Waals surface area contributed by atoms with Crippen molar-refractivity contribution < 1.29 is 13.9 Å². The smallest absolute Gasteiger partial charge is 0.255 e. The van der Waals surface area contributed by atoms with E-state index in [0.29, 0.717) is 11.0 Å². The van der Waals surface area contributed by atoms with E-state index in [-0.39, 0.29) is 24.9 Å². The number of H-pyrrole nitrogens is 1. The summed E-state index contributed by atoms with van der Waals surface area (Å²) in [6.07, 6.45) is -1.12. The lowest BCUT2D eigenvalue weighted by molar-refractivity contribution is 0.152. The summed E-state index contributed by atoms with van der Waals surface area (Å²) >= 11 is 0. The molecule has 0 radical (unpaired) electrons. The van der Waals surface area contributed by atoms with E-state index in [9.17, 15) is 8.78 Å². The SMILES string of the molecule is Nc1nc(N(CCO)CC(F)F)c2cn[nH]c2n1. The van der Waals surface area contributed by atoms with Crippen molar-refractivity contribution in [1.29, 1.82) is 0 Å². The van der Waals surface area contributed by atoms with Crippen molar-refractivity contribution in [2.75, 3.05) is 30.3 Å². The molecule has 0 saturated heterocycles. The molecule has 0 spiro atoms. The Morgan fingerprint density at radius 2 is 2.22 bits per heavy atom. The van der Waals surface area contributed by atoms with Crippen LogP contribution in [-0.4, -0.2) is 51.4 Å². The fourth-order valence-electron chi connectivity index (χ4n) is 1.65. The van der Waals surface area contributed by atoms with Gasteiger partial charge in [-0.1, -0.05) is 0 Å². The Hall–Kier alpha value is -2.03. The number of hydrogen-bond donors (Lipinski definition) is 3. The minimum atomic E-state index is -2.55. The average Bonchev–Trinajstić information content (AvgIpc) is 2.74. The third kappa shape index (κ3) is 2.45. The van der Waals surface area contributed by atoms with Crippen LogP contribution in [0, 0.1) is 0 Å². The number of halogens is 2. The highest BCUT2D eigenvalue weighted by Gasteiger charge is 2.18. The number of fused-ring (bicyclic) bond motifs is 1.